The van der Waals surface area contributed by atoms with Gasteiger partial charge in [-0.05, 0) is 37.5 Å². The van der Waals surface area contributed by atoms with Crippen LogP contribution in [0.2, 0.25) is 0 Å². The fourth-order valence-corrected chi connectivity index (χ4v) is 3.23. The second-order valence-corrected chi connectivity index (χ2v) is 6.90. The molecular formula is C20H23N3O2. The van der Waals surface area contributed by atoms with Gasteiger partial charge < -0.3 is 15.0 Å². The van der Waals surface area contributed by atoms with Gasteiger partial charge in [0.15, 0.2) is 0 Å². The van der Waals surface area contributed by atoms with Crippen molar-refractivity contribution in [2.45, 2.75) is 38.0 Å². The van der Waals surface area contributed by atoms with Crippen molar-refractivity contribution in [2.75, 3.05) is 18.4 Å². The second kappa shape index (κ2) is 6.84. The quantitative estimate of drug-likeness (QED) is 0.930. The van der Waals surface area contributed by atoms with E-state index in [1.54, 1.807) is 12.3 Å². The highest BCUT2D eigenvalue weighted by molar-refractivity contribution is 5.95. The Hall–Kier alpha value is -2.40. The highest BCUT2D eigenvalue weighted by atomic mass is 16.5. The first kappa shape index (κ1) is 16.1. The molecule has 2 atom stereocenters. The smallest absolute Gasteiger partial charge is 0.254 e. The van der Waals surface area contributed by atoms with Crippen LogP contribution in [-0.2, 0) is 4.74 Å². The lowest BCUT2D eigenvalue weighted by molar-refractivity contribution is -0.0691. The summed E-state index contributed by atoms with van der Waals surface area (Å²) < 4.78 is 6.05. The Morgan fingerprint density at radius 3 is 2.76 bits per heavy atom. The Bertz CT molecular complexity index is 746. The maximum atomic E-state index is 13.0. The second-order valence-electron chi connectivity index (χ2n) is 6.90. The topological polar surface area (TPSA) is 54.5 Å². The number of benzene rings is 1. The number of pyridine rings is 1. The van der Waals surface area contributed by atoms with Crippen LogP contribution >= 0.6 is 0 Å². The van der Waals surface area contributed by atoms with Gasteiger partial charge in [0.05, 0.1) is 12.6 Å². The third-order valence-corrected chi connectivity index (χ3v) is 4.66. The van der Waals surface area contributed by atoms with Gasteiger partial charge in [0.25, 0.3) is 5.91 Å². The number of aromatic nitrogens is 1. The van der Waals surface area contributed by atoms with Gasteiger partial charge in [-0.3, -0.25) is 4.79 Å². The van der Waals surface area contributed by atoms with Gasteiger partial charge in [0.1, 0.15) is 11.9 Å². The Morgan fingerprint density at radius 2 is 2.00 bits per heavy atom. The third-order valence-electron chi connectivity index (χ3n) is 4.66. The van der Waals surface area contributed by atoms with Crippen molar-refractivity contribution in [1.29, 1.82) is 0 Å². The summed E-state index contributed by atoms with van der Waals surface area (Å²) in [5.41, 5.74) is 1.79. The van der Waals surface area contributed by atoms with E-state index >= 15 is 0 Å². The number of nitrogens with one attached hydrogen (secondary N) is 1. The summed E-state index contributed by atoms with van der Waals surface area (Å²) in [6.07, 6.45) is 3.99. The van der Waals surface area contributed by atoms with Crippen molar-refractivity contribution in [1.82, 2.24) is 9.88 Å². The molecule has 0 spiro atoms. The van der Waals surface area contributed by atoms with E-state index < -0.39 is 0 Å². The lowest BCUT2D eigenvalue weighted by Gasteiger charge is -2.37. The van der Waals surface area contributed by atoms with Crippen molar-refractivity contribution < 1.29 is 9.53 Å². The molecule has 1 aliphatic heterocycles. The van der Waals surface area contributed by atoms with E-state index in [1.807, 2.05) is 36.1 Å². The Morgan fingerprint density at radius 1 is 1.20 bits per heavy atom. The van der Waals surface area contributed by atoms with Crippen LogP contribution in [0.5, 0.6) is 0 Å². The minimum Gasteiger partial charge on any atom is -0.367 e. The van der Waals surface area contributed by atoms with Crippen molar-refractivity contribution in [3.63, 3.8) is 0 Å². The maximum Gasteiger partial charge on any atom is 0.254 e. The zero-order valence-electron chi connectivity index (χ0n) is 14.4. The molecule has 5 heteroatoms. The lowest BCUT2D eigenvalue weighted by atomic mass is 10.1. The number of carbonyl (C=O) groups excluding carboxylic acids is 1. The summed E-state index contributed by atoms with van der Waals surface area (Å²) in [6, 6.07) is 14.3. The highest BCUT2D eigenvalue weighted by Gasteiger charge is 2.30. The first-order valence-corrected chi connectivity index (χ1v) is 8.91. The summed E-state index contributed by atoms with van der Waals surface area (Å²) in [4.78, 5) is 19.2. The molecule has 1 aromatic heterocycles. The zero-order chi connectivity index (χ0) is 17.2. The van der Waals surface area contributed by atoms with Crippen LogP contribution in [0.3, 0.4) is 0 Å². The molecule has 0 radical (unpaired) electrons. The summed E-state index contributed by atoms with van der Waals surface area (Å²) in [7, 11) is 0. The third kappa shape index (κ3) is 3.82. The predicted molar refractivity (Wildman–Crippen MR) is 96.5 cm³/mol. The van der Waals surface area contributed by atoms with Crippen molar-refractivity contribution in [3.8, 4) is 0 Å². The molecule has 1 aromatic carbocycles. The van der Waals surface area contributed by atoms with E-state index in [9.17, 15) is 4.79 Å². The van der Waals surface area contributed by atoms with Crippen LogP contribution in [0.4, 0.5) is 5.82 Å². The molecule has 130 valence electrons. The van der Waals surface area contributed by atoms with Crippen LogP contribution in [0, 0.1) is 0 Å². The van der Waals surface area contributed by atoms with Gasteiger partial charge in [-0.2, -0.15) is 0 Å². The summed E-state index contributed by atoms with van der Waals surface area (Å²) in [5.74, 6) is 0.826. The molecule has 1 saturated heterocycles. The van der Waals surface area contributed by atoms with Crippen LogP contribution in [0.1, 0.15) is 41.8 Å². The number of ether oxygens (including phenoxy) is 1. The SMILES string of the molecule is CC1CN(C(=O)c2ccnc(NC3CC3)c2)CC(c2ccccc2)O1. The van der Waals surface area contributed by atoms with Crippen LogP contribution < -0.4 is 5.32 Å². The van der Waals surface area contributed by atoms with Gasteiger partial charge >= 0.3 is 0 Å². The Balaban J connectivity index is 1.50. The number of amides is 1. The number of carbonyl (C=O) groups is 1. The van der Waals surface area contributed by atoms with Crippen LogP contribution in [-0.4, -0.2) is 41.0 Å². The molecule has 4 rings (SSSR count). The molecule has 5 nitrogen and oxygen atoms in total. The van der Waals surface area contributed by atoms with E-state index in [-0.39, 0.29) is 18.1 Å². The van der Waals surface area contributed by atoms with Crippen LogP contribution in [0.25, 0.3) is 0 Å². The molecule has 2 fully saturated rings. The van der Waals surface area contributed by atoms with Gasteiger partial charge in [0.2, 0.25) is 0 Å². The molecule has 1 amide bonds. The van der Waals surface area contributed by atoms with Crippen LogP contribution in [0.15, 0.2) is 48.7 Å². The molecule has 1 N–H and O–H groups in total. The molecule has 2 heterocycles. The number of anilines is 1. The van der Waals surface area contributed by atoms with E-state index in [0.29, 0.717) is 24.7 Å². The summed E-state index contributed by atoms with van der Waals surface area (Å²) >= 11 is 0. The molecule has 2 unspecified atom stereocenters. The normalized spacial score (nSPS) is 23.3. The number of rotatable bonds is 4. The van der Waals surface area contributed by atoms with Gasteiger partial charge in [-0.1, -0.05) is 30.3 Å². The molecular weight excluding hydrogens is 314 g/mol. The van der Waals surface area contributed by atoms with Crippen molar-refractivity contribution in [3.05, 3.63) is 59.8 Å². The van der Waals surface area contributed by atoms with Crippen molar-refractivity contribution in [2.24, 2.45) is 0 Å². The van der Waals surface area contributed by atoms with E-state index in [0.717, 1.165) is 11.4 Å². The minimum atomic E-state index is -0.0835. The highest BCUT2D eigenvalue weighted by Crippen LogP contribution is 2.27. The molecule has 0 bridgehead atoms. The van der Waals surface area contributed by atoms with Crippen molar-refractivity contribution >= 4 is 11.7 Å². The average Bonchev–Trinajstić information content (AvgIpc) is 3.45. The first-order valence-electron chi connectivity index (χ1n) is 8.91. The van der Waals surface area contributed by atoms with E-state index in [2.05, 4.69) is 22.4 Å². The maximum absolute atomic E-state index is 13.0. The first-order chi connectivity index (χ1) is 12.2. The standard InChI is InChI=1S/C20H23N3O2/c1-14-12-23(13-18(25-14)15-5-3-2-4-6-15)20(24)16-9-10-21-19(11-16)22-17-7-8-17/h2-6,9-11,14,17-18H,7-8,12-13H2,1H3,(H,21,22). The monoisotopic (exact) mass is 337 g/mol. The van der Waals surface area contributed by atoms with Gasteiger partial charge in [0, 0.05) is 24.3 Å². The van der Waals surface area contributed by atoms with Gasteiger partial charge in [-0.25, -0.2) is 4.98 Å². The molecule has 25 heavy (non-hydrogen) atoms. The molecule has 2 aliphatic rings. The molecule has 2 aromatic rings. The fourth-order valence-electron chi connectivity index (χ4n) is 3.23. The number of hydrogen-bond donors (Lipinski definition) is 1. The predicted octanol–water partition coefficient (Wildman–Crippen LogP) is 3.26. The summed E-state index contributed by atoms with van der Waals surface area (Å²) in [5, 5.41) is 3.35. The number of morpholine rings is 1. The Labute approximate surface area is 148 Å². The largest absolute Gasteiger partial charge is 0.367 e. The fraction of sp³-hybridized carbons (Fsp3) is 0.400. The summed E-state index contributed by atoms with van der Waals surface area (Å²) in [6.45, 7) is 3.19. The average molecular weight is 337 g/mol. The van der Waals surface area contributed by atoms with E-state index in [1.165, 1.54) is 12.8 Å². The molecule has 1 saturated carbocycles. The van der Waals surface area contributed by atoms with Gasteiger partial charge in [-0.15, -0.1) is 0 Å². The zero-order valence-corrected chi connectivity index (χ0v) is 14.4. The number of nitrogens with zero attached hydrogens (tertiary/aromatic N) is 2. The Kier molecular flexibility index (Phi) is 4.40. The number of hydrogen-bond acceptors (Lipinski definition) is 4. The molecule has 1 aliphatic carbocycles. The minimum absolute atomic E-state index is 0.00815. The lowest BCUT2D eigenvalue weighted by Crippen LogP contribution is -2.46. The van der Waals surface area contributed by atoms with E-state index in [4.69, 9.17) is 4.74 Å².